The number of rotatable bonds is 0. The van der Waals surface area contributed by atoms with E-state index in [-0.39, 0.29) is 0 Å². The lowest BCUT2D eigenvalue weighted by atomic mass is 10.2. The fraction of sp³-hybridized carbons (Fsp3) is 0.273. The lowest BCUT2D eigenvalue weighted by Gasteiger charge is -1.94. The van der Waals surface area contributed by atoms with Gasteiger partial charge in [0, 0.05) is 17.2 Å². The molecule has 1 aromatic carbocycles. The van der Waals surface area contributed by atoms with Crippen LogP contribution in [-0.2, 0) is 0 Å². The number of anilines is 1. The number of para-hydroxylation sites is 1. The third-order valence-electron chi connectivity index (χ3n) is 1.95. The third kappa shape index (κ3) is 1.60. The van der Waals surface area contributed by atoms with E-state index >= 15 is 0 Å². The van der Waals surface area contributed by atoms with Crippen LogP contribution in [0.2, 0.25) is 0 Å². The Labute approximate surface area is 72.6 Å². The largest absolute Gasteiger partial charge is 0.398 e. The van der Waals surface area contributed by atoms with Crippen molar-refractivity contribution in [3.05, 3.63) is 29.8 Å². The average molecular weight is 157 g/mol. The summed E-state index contributed by atoms with van der Waals surface area (Å²) in [6, 6.07) is 7.74. The first-order valence-corrected chi connectivity index (χ1v) is 4.22. The Kier molecular flexibility index (Phi) is 1.75. The second-order valence-electron chi connectivity index (χ2n) is 3.13. The van der Waals surface area contributed by atoms with Crippen LogP contribution >= 0.6 is 0 Å². The Bertz CT molecular complexity index is 340. The van der Waals surface area contributed by atoms with Gasteiger partial charge in [-0.15, -0.1) is 0 Å². The van der Waals surface area contributed by atoms with Gasteiger partial charge in [-0.3, -0.25) is 0 Å². The molecule has 1 heteroatoms. The molecule has 2 N–H and O–H groups in total. The van der Waals surface area contributed by atoms with Crippen LogP contribution in [-0.4, -0.2) is 0 Å². The lowest BCUT2D eigenvalue weighted by molar-refractivity contribution is 1.18. The van der Waals surface area contributed by atoms with Crippen LogP contribution < -0.4 is 5.73 Å². The number of nitrogen functional groups attached to an aromatic ring is 1. The molecule has 0 unspecified atom stereocenters. The summed E-state index contributed by atoms with van der Waals surface area (Å²) in [5, 5.41) is 0. The molecular weight excluding hydrogens is 146 g/mol. The van der Waals surface area contributed by atoms with Crippen molar-refractivity contribution in [1.29, 1.82) is 0 Å². The monoisotopic (exact) mass is 157 g/mol. The van der Waals surface area contributed by atoms with E-state index in [1.165, 1.54) is 12.8 Å². The molecule has 0 spiro atoms. The van der Waals surface area contributed by atoms with Gasteiger partial charge in [0.15, 0.2) is 0 Å². The molecule has 60 valence electrons. The molecule has 1 nitrogen and oxygen atoms in total. The van der Waals surface area contributed by atoms with Crippen molar-refractivity contribution in [3.63, 3.8) is 0 Å². The summed E-state index contributed by atoms with van der Waals surface area (Å²) in [5.41, 5.74) is 7.47. The van der Waals surface area contributed by atoms with Crippen LogP contribution in [0.4, 0.5) is 5.69 Å². The number of nitrogens with two attached hydrogens (primary N) is 1. The van der Waals surface area contributed by atoms with Crippen LogP contribution in [0.15, 0.2) is 24.3 Å². The topological polar surface area (TPSA) is 26.0 Å². The van der Waals surface area contributed by atoms with E-state index < -0.39 is 0 Å². The summed E-state index contributed by atoms with van der Waals surface area (Å²) in [7, 11) is 0. The molecule has 0 atom stereocenters. The first kappa shape index (κ1) is 7.24. The van der Waals surface area contributed by atoms with Gasteiger partial charge in [0.25, 0.3) is 0 Å². The van der Waals surface area contributed by atoms with E-state index in [9.17, 15) is 0 Å². The Morgan fingerprint density at radius 1 is 1.25 bits per heavy atom. The van der Waals surface area contributed by atoms with Crippen LogP contribution in [0.1, 0.15) is 18.4 Å². The van der Waals surface area contributed by atoms with Crippen molar-refractivity contribution < 1.29 is 0 Å². The fourth-order valence-corrected chi connectivity index (χ4v) is 1.02. The SMILES string of the molecule is Nc1ccccc1C#CC1CC1. The van der Waals surface area contributed by atoms with Crippen LogP contribution in [0, 0.1) is 17.8 Å². The van der Waals surface area contributed by atoms with E-state index in [2.05, 4.69) is 11.8 Å². The van der Waals surface area contributed by atoms with Crippen molar-refractivity contribution >= 4 is 5.69 Å². The highest BCUT2D eigenvalue weighted by atomic mass is 14.5. The standard InChI is InChI=1S/C11H11N/c12-11-4-2-1-3-10(11)8-7-9-5-6-9/h1-4,9H,5-6,12H2. The van der Waals surface area contributed by atoms with Gasteiger partial charge in [0.05, 0.1) is 0 Å². The molecule has 12 heavy (non-hydrogen) atoms. The predicted molar refractivity (Wildman–Crippen MR) is 50.5 cm³/mol. The molecule has 0 aromatic heterocycles. The van der Waals surface area contributed by atoms with Crippen molar-refractivity contribution in [1.82, 2.24) is 0 Å². The summed E-state index contributed by atoms with van der Waals surface area (Å²) in [6.07, 6.45) is 2.53. The van der Waals surface area contributed by atoms with Gasteiger partial charge in [-0.2, -0.15) is 0 Å². The molecule has 0 heterocycles. The minimum Gasteiger partial charge on any atom is -0.398 e. The molecule has 1 saturated carbocycles. The molecular formula is C11H11N. The van der Waals surface area contributed by atoms with Crippen LogP contribution in [0.25, 0.3) is 0 Å². The highest BCUT2D eigenvalue weighted by Crippen LogP contribution is 2.27. The highest BCUT2D eigenvalue weighted by molar-refractivity contribution is 5.55. The van der Waals surface area contributed by atoms with Gasteiger partial charge < -0.3 is 5.73 Å². The second-order valence-corrected chi connectivity index (χ2v) is 3.13. The van der Waals surface area contributed by atoms with Gasteiger partial charge >= 0.3 is 0 Å². The fourth-order valence-electron chi connectivity index (χ4n) is 1.02. The molecule has 0 bridgehead atoms. The lowest BCUT2D eigenvalue weighted by Crippen LogP contribution is -1.88. The number of hydrogen-bond donors (Lipinski definition) is 1. The van der Waals surface area contributed by atoms with Crippen molar-refractivity contribution in [2.45, 2.75) is 12.8 Å². The molecule has 0 saturated heterocycles. The molecule has 0 radical (unpaired) electrons. The van der Waals surface area contributed by atoms with E-state index in [1.54, 1.807) is 0 Å². The Hall–Kier alpha value is -1.42. The van der Waals surface area contributed by atoms with Crippen molar-refractivity contribution in [2.75, 3.05) is 5.73 Å². The van der Waals surface area contributed by atoms with Crippen LogP contribution in [0.5, 0.6) is 0 Å². The zero-order chi connectivity index (χ0) is 8.39. The molecule has 0 aliphatic heterocycles. The maximum atomic E-state index is 5.72. The summed E-state index contributed by atoms with van der Waals surface area (Å²) in [6.45, 7) is 0. The molecule has 1 aliphatic rings. The molecule has 1 fully saturated rings. The number of hydrogen-bond acceptors (Lipinski definition) is 1. The van der Waals surface area contributed by atoms with Gasteiger partial charge in [-0.25, -0.2) is 0 Å². The quantitative estimate of drug-likeness (QED) is 0.452. The Morgan fingerprint density at radius 2 is 2.00 bits per heavy atom. The summed E-state index contributed by atoms with van der Waals surface area (Å²) >= 11 is 0. The molecule has 1 aliphatic carbocycles. The minimum atomic E-state index is 0.643. The molecule has 0 amide bonds. The molecule has 1 aromatic rings. The average Bonchev–Trinajstić information content (AvgIpc) is 2.86. The van der Waals surface area contributed by atoms with E-state index in [4.69, 9.17) is 5.73 Å². The maximum Gasteiger partial charge on any atom is 0.0474 e. The van der Waals surface area contributed by atoms with Crippen molar-refractivity contribution in [3.8, 4) is 11.8 Å². The first-order chi connectivity index (χ1) is 5.86. The summed E-state index contributed by atoms with van der Waals surface area (Å²) in [4.78, 5) is 0. The minimum absolute atomic E-state index is 0.643. The third-order valence-corrected chi connectivity index (χ3v) is 1.95. The predicted octanol–water partition coefficient (Wildman–Crippen LogP) is 2.03. The zero-order valence-electron chi connectivity index (χ0n) is 6.88. The van der Waals surface area contributed by atoms with Gasteiger partial charge in [-0.05, 0) is 25.0 Å². The van der Waals surface area contributed by atoms with E-state index in [1.807, 2.05) is 24.3 Å². The second kappa shape index (κ2) is 2.91. The summed E-state index contributed by atoms with van der Waals surface area (Å²) in [5.74, 6) is 6.93. The van der Waals surface area contributed by atoms with Crippen LogP contribution in [0.3, 0.4) is 0 Å². The van der Waals surface area contributed by atoms with Gasteiger partial charge in [0.2, 0.25) is 0 Å². The van der Waals surface area contributed by atoms with E-state index in [0.717, 1.165) is 11.3 Å². The normalized spacial score (nSPS) is 15.0. The Balaban J connectivity index is 2.23. The van der Waals surface area contributed by atoms with E-state index in [0.29, 0.717) is 5.92 Å². The maximum absolute atomic E-state index is 5.72. The first-order valence-electron chi connectivity index (χ1n) is 4.22. The Morgan fingerprint density at radius 3 is 2.67 bits per heavy atom. The number of benzene rings is 1. The highest BCUT2D eigenvalue weighted by Gasteiger charge is 2.17. The van der Waals surface area contributed by atoms with Gasteiger partial charge in [-0.1, -0.05) is 24.0 Å². The smallest absolute Gasteiger partial charge is 0.0474 e. The van der Waals surface area contributed by atoms with Gasteiger partial charge in [0.1, 0.15) is 0 Å². The molecule has 2 rings (SSSR count). The zero-order valence-corrected chi connectivity index (χ0v) is 6.88. The van der Waals surface area contributed by atoms with Crippen molar-refractivity contribution in [2.24, 2.45) is 5.92 Å². The summed E-state index contributed by atoms with van der Waals surface area (Å²) < 4.78 is 0.